The number of nitrogens with zero attached hydrogens (tertiary/aromatic N) is 4. The summed E-state index contributed by atoms with van der Waals surface area (Å²) in [5, 5.41) is 7.14. The fourth-order valence-corrected chi connectivity index (χ4v) is 2.95. The molecule has 0 aliphatic rings. The van der Waals surface area contributed by atoms with Crippen LogP contribution in [-0.2, 0) is 6.54 Å². The Morgan fingerprint density at radius 3 is 2.59 bits per heavy atom. The molecule has 1 N–H and O–H groups in total. The second kappa shape index (κ2) is 7.29. The molecule has 0 atom stereocenters. The van der Waals surface area contributed by atoms with E-state index in [9.17, 15) is 4.79 Å². The number of rotatable bonds is 5. The van der Waals surface area contributed by atoms with Crippen LogP contribution in [0.25, 0.3) is 5.69 Å². The summed E-state index contributed by atoms with van der Waals surface area (Å²) in [4.78, 5) is 16.8. The molecule has 0 aliphatic carbocycles. The highest BCUT2D eigenvalue weighted by Gasteiger charge is 2.08. The predicted octanol–water partition coefficient (Wildman–Crippen LogP) is 3.68. The van der Waals surface area contributed by atoms with Gasteiger partial charge < -0.3 is 9.88 Å². The van der Waals surface area contributed by atoms with Gasteiger partial charge in [0.15, 0.2) is 0 Å². The number of hydrogen-bond donors (Lipinski definition) is 1. The molecule has 0 radical (unpaired) electrons. The number of aryl methyl sites for hydroxylation is 1. The molecule has 2 aromatic heterocycles. The van der Waals surface area contributed by atoms with Crippen molar-refractivity contribution in [2.24, 2.45) is 0 Å². The Morgan fingerprint density at radius 2 is 1.89 bits per heavy atom. The van der Waals surface area contributed by atoms with Crippen molar-refractivity contribution >= 4 is 11.6 Å². The number of nitrogens with one attached hydrogen (secondary N) is 1. The Hall–Kier alpha value is -3.67. The Balaban J connectivity index is 1.47. The van der Waals surface area contributed by atoms with Crippen molar-refractivity contribution in [3.63, 3.8) is 0 Å². The SMILES string of the molecule is Cc1nccn1-c1ccc(NC(=O)c2cccc(Cn3cccn3)c2)cc1. The lowest BCUT2D eigenvalue weighted by Crippen LogP contribution is -2.12. The maximum atomic E-state index is 12.6. The molecule has 0 saturated carbocycles. The molecule has 4 aromatic rings. The number of imidazole rings is 1. The third-order valence-corrected chi connectivity index (χ3v) is 4.32. The van der Waals surface area contributed by atoms with E-state index in [1.165, 1.54) is 0 Å². The van der Waals surface area contributed by atoms with Crippen LogP contribution in [0.1, 0.15) is 21.7 Å². The third-order valence-electron chi connectivity index (χ3n) is 4.32. The Morgan fingerprint density at radius 1 is 1.04 bits per heavy atom. The first-order valence-electron chi connectivity index (χ1n) is 8.67. The van der Waals surface area contributed by atoms with Gasteiger partial charge in [-0.3, -0.25) is 9.48 Å². The highest BCUT2D eigenvalue weighted by molar-refractivity contribution is 6.04. The molecule has 1 amide bonds. The molecule has 0 aliphatic heterocycles. The normalized spacial score (nSPS) is 10.7. The van der Waals surface area contributed by atoms with Crippen molar-refractivity contribution in [3.8, 4) is 5.69 Å². The molecule has 0 unspecified atom stereocenters. The van der Waals surface area contributed by atoms with Crippen molar-refractivity contribution in [3.05, 3.63) is 96.3 Å². The molecular weight excluding hydrogens is 338 g/mol. The van der Waals surface area contributed by atoms with Crippen LogP contribution in [0.5, 0.6) is 0 Å². The van der Waals surface area contributed by atoms with Crippen LogP contribution in [0.3, 0.4) is 0 Å². The summed E-state index contributed by atoms with van der Waals surface area (Å²) in [6, 6.07) is 17.1. The second-order valence-electron chi connectivity index (χ2n) is 6.25. The maximum absolute atomic E-state index is 12.6. The van der Waals surface area contributed by atoms with Gasteiger partial charge in [-0.05, 0) is 55.0 Å². The van der Waals surface area contributed by atoms with Crippen LogP contribution >= 0.6 is 0 Å². The number of benzene rings is 2. The van der Waals surface area contributed by atoms with Crippen LogP contribution in [-0.4, -0.2) is 25.2 Å². The number of amides is 1. The van der Waals surface area contributed by atoms with E-state index in [-0.39, 0.29) is 5.91 Å². The van der Waals surface area contributed by atoms with E-state index in [1.807, 2.05) is 83.2 Å². The highest BCUT2D eigenvalue weighted by atomic mass is 16.1. The molecule has 27 heavy (non-hydrogen) atoms. The summed E-state index contributed by atoms with van der Waals surface area (Å²) in [6.45, 7) is 2.58. The number of hydrogen-bond acceptors (Lipinski definition) is 3. The topological polar surface area (TPSA) is 64.7 Å². The van der Waals surface area contributed by atoms with Gasteiger partial charge in [-0.2, -0.15) is 5.10 Å². The van der Waals surface area contributed by atoms with Crippen molar-refractivity contribution in [2.75, 3.05) is 5.32 Å². The van der Waals surface area contributed by atoms with Crippen LogP contribution in [0, 0.1) is 6.92 Å². The standard InChI is InChI=1S/C21H19N5O/c1-16-22-11-13-26(16)20-8-6-19(7-9-20)24-21(27)18-5-2-4-17(14-18)15-25-12-3-10-23-25/h2-14H,15H2,1H3,(H,24,27). The lowest BCUT2D eigenvalue weighted by molar-refractivity contribution is 0.102. The van der Waals surface area contributed by atoms with Crippen LogP contribution < -0.4 is 5.32 Å². The predicted molar refractivity (Wildman–Crippen MR) is 104 cm³/mol. The zero-order valence-electron chi connectivity index (χ0n) is 14.9. The summed E-state index contributed by atoms with van der Waals surface area (Å²) in [5.74, 6) is 0.782. The first-order valence-corrected chi connectivity index (χ1v) is 8.67. The van der Waals surface area contributed by atoms with Gasteiger partial charge in [-0.15, -0.1) is 0 Å². The minimum atomic E-state index is -0.135. The first-order chi connectivity index (χ1) is 13.2. The van der Waals surface area contributed by atoms with Gasteiger partial charge in [-0.1, -0.05) is 12.1 Å². The van der Waals surface area contributed by atoms with E-state index >= 15 is 0 Å². The second-order valence-corrected chi connectivity index (χ2v) is 6.25. The fourth-order valence-electron chi connectivity index (χ4n) is 2.95. The summed E-state index contributed by atoms with van der Waals surface area (Å²) >= 11 is 0. The van der Waals surface area contributed by atoms with Gasteiger partial charge >= 0.3 is 0 Å². The molecule has 2 aromatic carbocycles. The molecule has 2 heterocycles. The van der Waals surface area contributed by atoms with E-state index in [4.69, 9.17) is 0 Å². The Kier molecular flexibility index (Phi) is 4.53. The Bertz CT molecular complexity index is 1050. The van der Waals surface area contributed by atoms with E-state index in [2.05, 4.69) is 15.4 Å². The van der Waals surface area contributed by atoms with E-state index in [0.29, 0.717) is 12.1 Å². The van der Waals surface area contributed by atoms with Gasteiger partial charge in [0.1, 0.15) is 5.82 Å². The monoisotopic (exact) mass is 357 g/mol. The largest absolute Gasteiger partial charge is 0.322 e. The van der Waals surface area contributed by atoms with Gasteiger partial charge in [0.05, 0.1) is 6.54 Å². The first kappa shape index (κ1) is 16.8. The minimum Gasteiger partial charge on any atom is -0.322 e. The van der Waals surface area contributed by atoms with Crippen molar-refractivity contribution in [2.45, 2.75) is 13.5 Å². The summed E-state index contributed by atoms with van der Waals surface area (Å²) in [5.41, 5.74) is 3.40. The average molecular weight is 357 g/mol. The van der Waals surface area contributed by atoms with Crippen LogP contribution in [0.15, 0.2) is 79.4 Å². The quantitative estimate of drug-likeness (QED) is 0.593. The van der Waals surface area contributed by atoms with Gasteiger partial charge in [0.2, 0.25) is 0 Å². The smallest absolute Gasteiger partial charge is 0.255 e. The summed E-state index contributed by atoms with van der Waals surface area (Å²) in [7, 11) is 0. The number of carbonyl (C=O) groups excluding carboxylic acids is 1. The molecule has 0 saturated heterocycles. The van der Waals surface area contributed by atoms with Gasteiger partial charge in [0.25, 0.3) is 5.91 Å². The van der Waals surface area contributed by atoms with Gasteiger partial charge in [-0.25, -0.2) is 4.98 Å². The zero-order valence-corrected chi connectivity index (χ0v) is 14.9. The lowest BCUT2D eigenvalue weighted by Gasteiger charge is -2.09. The Labute approximate surface area is 157 Å². The number of anilines is 1. The molecule has 6 heteroatoms. The lowest BCUT2D eigenvalue weighted by atomic mass is 10.1. The fraction of sp³-hybridized carbons (Fsp3) is 0.0952. The third kappa shape index (κ3) is 3.79. The van der Waals surface area contributed by atoms with Gasteiger partial charge in [0, 0.05) is 41.7 Å². The van der Waals surface area contributed by atoms with Crippen molar-refractivity contribution in [1.82, 2.24) is 19.3 Å². The van der Waals surface area contributed by atoms with Crippen molar-refractivity contribution < 1.29 is 4.79 Å². The molecular formula is C21H19N5O. The van der Waals surface area contributed by atoms with Crippen molar-refractivity contribution in [1.29, 1.82) is 0 Å². The maximum Gasteiger partial charge on any atom is 0.255 e. The zero-order chi connectivity index (χ0) is 18.6. The average Bonchev–Trinajstić information content (AvgIpc) is 3.34. The molecule has 4 rings (SSSR count). The molecule has 134 valence electrons. The minimum absolute atomic E-state index is 0.135. The molecule has 0 fully saturated rings. The number of carbonyl (C=O) groups is 1. The molecule has 0 bridgehead atoms. The van der Waals surface area contributed by atoms with E-state index in [1.54, 1.807) is 12.4 Å². The van der Waals surface area contributed by atoms with Crippen LogP contribution in [0.2, 0.25) is 0 Å². The molecule has 0 spiro atoms. The summed E-state index contributed by atoms with van der Waals surface area (Å²) < 4.78 is 3.82. The molecule has 6 nitrogen and oxygen atoms in total. The highest BCUT2D eigenvalue weighted by Crippen LogP contribution is 2.16. The summed E-state index contributed by atoms with van der Waals surface area (Å²) in [6.07, 6.45) is 7.32. The van der Waals surface area contributed by atoms with E-state index < -0.39 is 0 Å². The van der Waals surface area contributed by atoms with Crippen LogP contribution in [0.4, 0.5) is 5.69 Å². The van der Waals surface area contributed by atoms with E-state index in [0.717, 1.165) is 22.8 Å². The number of aromatic nitrogens is 4.